The number of carbonyl (C=O) groups is 1. The first-order valence-corrected chi connectivity index (χ1v) is 7.40. The number of carboxylic acid groups (broad SMARTS) is 1. The maximum Gasteiger partial charge on any atom is 0.321 e. The molecule has 1 aromatic rings. The van der Waals surface area contributed by atoms with Crippen molar-refractivity contribution in [2.45, 2.75) is 23.6 Å². The van der Waals surface area contributed by atoms with Crippen LogP contribution in [0.5, 0.6) is 0 Å². The normalized spacial score (nSPS) is 13.9. The van der Waals surface area contributed by atoms with Gasteiger partial charge in [-0.25, -0.2) is 8.42 Å². The Hall–Kier alpha value is -0.630. The molecule has 1 rings (SSSR count). The summed E-state index contributed by atoms with van der Waals surface area (Å²) in [6, 6.07) is 1.77. The van der Waals surface area contributed by atoms with Gasteiger partial charge in [-0.2, -0.15) is 4.31 Å². The van der Waals surface area contributed by atoms with E-state index in [9.17, 15) is 13.2 Å². The molecule has 1 unspecified atom stereocenters. The van der Waals surface area contributed by atoms with E-state index in [1.54, 1.807) is 6.92 Å². The Kier molecular flexibility index (Phi) is 4.54. The molecule has 0 amide bonds. The van der Waals surface area contributed by atoms with Gasteiger partial charge in [0.1, 0.15) is 10.3 Å². The molecular formula is C9H12ClNO4S2. The smallest absolute Gasteiger partial charge is 0.321 e. The van der Waals surface area contributed by atoms with E-state index in [1.807, 2.05) is 0 Å². The van der Waals surface area contributed by atoms with Gasteiger partial charge in [0.25, 0.3) is 10.0 Å². The molecule has 0 aliphatic carbocycles. The summed E-state index contributed by atoms with van der Waals surface area (Å²) < 4.78 is 25.4. The summed E-state index contributed by atoms with van der Waals surface area (Å²) >= 11 is 6.57. The number of aliphatic carboxylic acids is 1. The monoisotopic (exact) mass is 297 g/mol. The quantitative estimate of drug-likeness (QED) is 0.900. The molecule has 1 atom stereocenters. The van der Waals surface area contributed by atoms with Crippen LogP contribution >= 0.6 is 22.9 Å². The molecule has 0 saturated heterocycles. The van der Waals surface area contributed by atoms with Crippen LogP contribution in [-0.4, -0.2) is 36.9 Å². The average Bonchev–Trinajstić information content (AvgIpc) is 2.65. The van der Waals surface area contributed by atoms with Crippen molar-refractivity contribution in [2.24, 2.45) is 0 Å². The molecular weight excluding hydrogens is 286 g/mol. The molecule has 0 aliphatic heterocycles. The number of nitrogens with zero attached hydrogens (tertiary/aromatic N) is 1. The molecule has 0 saturated carbocycles. The number of hydrogen-bond donors (Lipinski definition) is 1. The minimum absolute atomic E-state index is 0.0460. The van der Waals surface area contributed by atoms with Crippen LogP contribution in [0.4, 0.5) is 0 Å². The van der Waals surface area contributed by atoms with Gasteiger partial charge >= 0.3 is 5.97 Å². The van der Waals surface area contributed by atoms with Crippen LogP contribution in [0, 0.1) is 0 Å². The number of likely N-dealkylation sites (N-methyl/N-ethyl adjacent to an activating group) is 1. The Morgan fingerprint density at radius 2 is 2.18 bits per heavy atom. The number of sulfonamides is 1. The van der Waals surface area contributed by atoms with Gasteiger partial charge in [0.05, 0.1) is 4.34 Å². The van der Waals surface area contributed by atoms with Crippen LogP contribution < -0.4 is 0 Å². The largest absolute Gasteiger partial charge is 0.480 e. The van der Waals surface area contributed by atoms with Gasteiger partial charge in [-0.3, -0.25) is 4.79 Å². The molecule has 1 aromatic heterocycles. The second-order valence-electron chi connectivity index (χ2n) is 3.34. The zero-order valence-electron chi connectivity index (χ0n) is 9.25. The lowest BCUT2D eigenvalue weighted by atomic mass is 10.2. The van der Waals surface area contributed by atoms with Gasteiger partial charge in [0.2, 0.25) is 0 Å². The molecule has 8 heteroatoms. The van der Waals surface area contributed by atoms with Crippen LogP contribution in [0.2, 0.25) is 4.34 Å². The van der Waals surface area contributed by atoms with E-state index >= 15 is 0 Å². The van der Waals surface area contributed by atoms with Crippen molar-refractivity contribution in [3.8, 4) is 0 Å². The Morgan fingerprint density at radius 1 is 1.59 bits per heavy atom. The standard InChI is InChI=1S/C9H12ClNO4S2/c1-3-6(9(12)13)11(2)17(14,15)8-5-4-7(10)16-8/h4-6H,3H2,1-2H3,(H,12,13). The summed E-state index contributed by atoms with van der Waals surface area (Å²) in [6.45, 7) is 1.62. The number of rotatable bonds is 5. The highest BCUT2D eigenvalue weighted by Crippen LogP contribution is 2.28. The minimum atomic E-state index is -3.79. The van der Waals surface area contributed by atoms with Crippen molar-refractivity contribution in [1.82, 2.24) is 4.31 Å². The summed E-state index contributed by atoms with van der Waals surface area (Å²) in [5.74, 6) is -1.17. The van der Waals surface area contributed by atoms with Crippen LogP contribution in [0.25, 0.3) is 0 Å². The van der Waals surface area contributed by atoms with E-state index < -0.39 is 22.0 Å². The van der Waals surface area contributed by atoms with Gasteiger partial charge in [0.15, 0.2) is 0 Å². The third-order valence-electron chi connectivity index (χ3n) is 2.29. The summed E-state index contributed by atoms with van der Waals surface area (Å²) in [7, 11) is -2.53. The summed E-state index contributed by atoms with van der Waals surface area (Å²) in [5.41, 5.74) is 0. The fourth-order valence-corrected chi connectivity index (χ4v) is 4.39. The topological polar surface area (TPSA) is 74.7 Å². The lowest BCUT2D eigenvalue weighted by Crippen LogP contribution is -2.41. The lowest BCUT2D eigenvalue weighted by molar-refractivity contribution is -0.141. The van der Waals surface area contributed by atoms with Gasteiger partial charge in [-0.1, -0.05) is 18.5 Å². The van der Waals surface area contributed by atoms with E-state index in [2.05, 4.69) is 0 Å². The Bertz CT molecular complexity index is 511. The van der Waals surface area contributed by atoms with Crippen molar-refractivity contribution in [3.63, 3.8) is 0 Å². The van der Waals surface area contributed by atoms with Gasteiger partial charge in [-0.15, -0.1) is 11.3 Å². The summed E-state index contributed by atoms with van der Waals surface area (Å²) in [6.07, 6.45) is 0.199. The van der Waals surface area contributed by atoms with Crippen LogP contribution in [0.1, 0.15) is 13.3 Å². The Balaban J connectivity index is 3.10. The average molecular weight is 298 g/mol. The van der Waals surface area contributed by atoms with E-state index in [-0.39, 0.29) is 10.6 Å². The van der Waals surface area contributed by atoms with Crippen molar-refractivity contribution in [2.75, 3.05) is 7.05 Å². The second-order valence-corrected chi connectivity index (χ2v) is 7.28. The molecule has 17 heavy (non-hydrogen) atoms. The van der Waals surface area contributed by atoms with Gasteiger partial charge < -0.3 is 5.11 Å². The van der Waals surface area contributed by atoms with Crippen LogP contribution in [0.15, 0.2) is 16.3 Å². The first-order valence-electron chi connectivity index (χ1n) is 4.77. The second kappa shape index (κ2) is 5.34. The number of thiophene rings is 1. The van der Waals surface area contributed by atoms with Crippen molar-refractivity contribution in [1.29, 1.82) is 0 Å². The molecule has 1 heterocycles. The Labute approximate surface area is 109 Å². The predicted octanol–water partition coefficient (Wildman–Crippen LogP) is 1.89. The predicted molar refractivity (Wildman–Crippen MR) is 66.0 cm³/mol. The fourth-order valence-electron chi connectivity index (χ4n) is 1.33. The van der Waals surface area contributed by atoms with E-state index in [0.717, 1.165) is 15.6 Å². The fraction of sp³-hybridized carbons (Fsp3) is 0.444. The molecule has 0 bridgehead atoms. The number of carboxylic acids is 1. The molecule has 1 N–H and O–H groups in total. The first-order chi connectivity index (χ1) is 7.80. The number of halogens is 1. The highest BCUT2D eigenvalue weighted by atomic mass is 35.5. The van der Waals surface area contributed by atoms with Gasteiger partial charge in [-0.05, 0) is 18.6 Å². The third-order valence-corrected chi connectivity index (χ3v) is 5.86. The molecule has 0 fully saturated rings. The van der Waals surface area contributed by atoms with Crippen molar-refractivity contribution in [3.05, 3.63) is 16.5 Å². The van der Waals surface area contributed by atoms with E-state index in [0.29, 0.717) is 4.34 Å². The number of hydrogen-bond acceptors (Lipinski definition) is 4. The first kappa shape index (κ1) is 14.4. The van der Waals surface area contributed by atoms with E-state index in [1.165, 1.54) is 19.2 Å². The third kappa shape index (κ3) is 2.98. The molecule has 0 aromatic carbocycles. The molecule has 5 nitrogen and oxygen atoms in total. The molecule has 0 aliphatic rings. The van der Waals surface area contributed by atoms with Gasteiger partial charge in [0, 0.05) is 7.05 Å². The SMILES string of the molecule is CCC(C(=O)O)N(C)S(=O)(=O)c1ccc(Cl)s1. The molecule has 0 spiro atoms. The van der Waals surface area contributed by atoms with E-state index in [4.69, 9.17) is 16.7 Å². The maximum absolute atomic E-state index is 12.1. The maximum atomic E-state index is 12.1. The molecule has 0 radical (unpaired) electrons. The van der Waals surface area contributed by atoms with Crippen molar-refractivity contribution < 1.29 is 18.3 Å². The zero-order valence-corrected chi connectivity index (χ0v) is 11.6. The summed E-state index contributed by atoms with van der Waals surface area (Å²) in [5, 5.41) is 8.93. The van der Waals surface area contributed by atoms with Crippen molar-refractivity contribution >= 4 is 38.9 Å². The van der Waals surface area contributed by atoms with Crippen LogP contribution in [0.3, 0.4) is 0 Å². The lowest BCUT2D eigenvalue weighted by Gasteiger charge is -2.22. The highest BCUT2D eigenvalue weighted by molar-refractivity contribution is 7.91. The highest BCUT2D eigenvalue weighted by Gasteiger charge is 2.32. The summed E-state index contributed by atoms with van der Waals surface area (Å²) in [4.78, 5) is 10.9. The minimum Gasteiger partial charge on any atom is -0.480 e. The zero-order chi connectivity index (χ0) is 13.2. The molecule has 96 valence electrons. The Morgan fingerprint density at radius 3 is 2.53 bits per heavy atom. The van der Waals surface area contributed by atoms with Crippen LogP contribution in [-0.2, 0) is 14.8 Å².